The van der Waals surface area contributed by atoms with Crippen LogP contribution in [-0.2, 0) is 14.3 Å². The molecule has 2 rings (SSSR count). The highest BCUT2D eigenvalue weighted by molar-refractivity contribution is 6.53. The third-order valence-corrected chi connectivity index (χ3v) is 4.78. The normalized spacial score (nSPS) is 21.2. The molecule has 0 radical (unpaired) electrons. The Morgan fingerprint density at radius 3 is 2.52 bits per heavy atom. The standard InChI is InChI=1S/C15H16Cl2N2O4/c1-14(8-15(14,16)17)13(22)23-7-11(20)19-10-5-3-4-9(6-10)12(21)18-2/h3-6H,7-8H2,1-2H3,(H,18,21)(H,19,20)/t14-/m1/s1. The van der Waals surface area contributed by atoms with E-state index in [1.165, 1.54) is 13.1 Å². The molecule has 8 heteroatoms. The Balaban J connectivity index is 1.88. The number of halogens is 2. The van der Waals surface area contributed by atoms with E-state index in [9.17, 15) is 14.4 Å². The summed E-state index contributed by atoms with van der Waals surface area (Å²) in [6.45, 7) is 1.13. The van der Waals surface area contributed by atoms with Gasteiger partial charge in [0.2, 0.25) is 0 Å². The Bertz CT molecular complexity index is 663. The van der Waals surface area contributed by atoms with Crippen LogP contribution in [0.2, 0.25) is 0 Å². The van der Waals surface area contributed by atoms with Gasteiger partial charge in [-0.2, -0.15) is 0 Å². The van der Waals surface area contributed by atoms with Gasteiger partial charge in [0.05, 0.1) is 0 Å². The molecule has 1 aromatic carbocycles. The lowest BCUT2D eigenvalue weighted by molar-refractivity contribution is -0.152. The molecule has 1 aliphatic rings. The molecule has 0 saturated heterocycles. The predicted molar refractivity (Wildman–Crippen MR) is 86.6 cm³/mol. The molecule has 1 aromatic rings. The average molecular weight is 359 g/mol. The Labute approximate surface area is 143 Å². The van der Waals surface area contributed by atoms with Crippen LogP contribution in [0.3, 0.4) is 0 Å². The second-order valence-corrected chi connectivity index (χ2v) is 6.98. The topological polar surface area (TPSA) is 84.5 Å². The maximum Gasteiger partial charge on any atom is 0.315 e. The minimum atomic E-state index is -1.14. The van der Waals surface area contributed by atoms with E-state index >= 15 is 0 Å². The van der Waals surface area contributed by atoms with Crippen LogP contribution >= 0.6 is 23.2 Å². The van der Waals surface area contributed by atoms with Crippen LogP contribution in [0, 0.1) is 5.41 Å². The van der Waals surface area contributed by atoms with Crippen LogP contribution in [0.4, 0.5) is 5.69 Å². The molecule has 23 heavy (non-hydrogen) atoms. The molecule has 0 bridgehead atoms. The van der Waals surface area contributed by atoms with Crippen LogP contribution in [0.15, 0.2) is 24.3 Å². The molecule has 1 fully saturated rings. The maximum atomic E-state index is 11.9. The first-order valence-corrected chi connectivity index (χ1v) is 7.62. The number of rotatable bonds is 5. The molecule has 0 unspecified atom stereocenters. The zero-order chi connectivity index (χ0) is 17.3. The summed E-state index contributed by atoms with van der Waals surface area (Å²) in [6, 6.07) is 6.38. The van der Waals surface area contributed by atoms with E-state index in [4.69, 9.17) is 27.9 Å². The minimum Gasteiger partial charge on any atom is -0.455 e. The monoisotopic (exact) mass is 358 g/mol. The minimum absolute atomic E-state index is 0.269. The van der Waals surface area contributed by atoms with Gasteiger partial charge in [0, 0.05) is 24.7 Å². The molecule has 0 heterocycles. The molecule has 0 aliphatic heterocycles. The van der Waals surface area contributed by atoms with Gasteiger partial charge < -0.3 is 15.4 Å². The molecule has 0 aromatic heterocycles. The van der Waals surface area contributed by atoms with Crippen molar-refractivity contribution in [1.29, 1.82) is 0 Å². The molecular formula is C15H16Cl2N2O4. The van der Waals surface area contributed by atoms with Crippen molar-refractivity contribution >= 4 is 46.7 Å². The van der Waals surface area contributed by atoms with Crippen molar-refractivity contribution in [3.05, 3.63) is 29.8 Å². The SMILES string of the molecule is CNC(=O)c1cccc(NC(=O)COC(=O)[C@@]2(C)CC2(Cl)Cl)c1. The first-order chi connectivity index (χ1) is 10.7. The lowest BCUT2D eigenvalue weighted by Crippen LogP contribution is -2.27. The summed E-state index contributed by atoms with van der Waals surface area (Å²) >= 11 is 11.8. The Hall–Kier alpha value is -1.79. The molecule has 2 N–H and O–H groups in total. The van der Waals surface area contributed by atoms with Gasteiger partial charge in [-0.25, -0.2) is 0 Å². The number of hydrogen-bond acceptors (Lipinski definition) is 4. The number of ether oxygens (including phenoxy) is 1. The fourth-order valence-electron chi connectivity index (χ4n) is 1.99. The Morgan fingerprint density at radius 2 is 1.96 bits per heavy atom. The fraction of sp³-hybridized carbons (Fsp3) is 0.400. The van der Waals surface area contributed by atoms with E-state index in [1.807, 2.05) is 0 Å². The molecule has 1 aliphatic carbocycles. The number of alkyl halides is 2. The summed E-state index contributed by atoms with van der Waals surface area (Å²) < 4.78 is 3.80. The molecule has 124 valence electrons. The van der Waals surface area contributed by atoms with Gasteiger partial charge in [-0.15, -0.1) is 23.2 Å². The van der Waals surface area contributed by atoms with Crippen molar-refractivity contribution < 1.29 is 19.1 Å². The van der Waals surface area contributed by atoms with Crippen molar-refractivity contribution in [3.63, 3.8) is 0 Å². The summed E-state index contributed by atoms with van der Waals surface area (Å²) in [5, 5.41) is 5.03. The number of nitrogens with one attached hydrogen (secondary N) is 2. The molecular weight excluding hydrogens is 343 g/mol. The summed E-state index contributed by atoms with van der Waals surface area (Å²) in [5.74, 6) is -1.40. The summed E-state index contributed by atoms with van der Waals surface area (Å²) in [6.07, 6.45) is 0.289. The quantitative estimate of drug-likeness (QED) is 0.623. The van der Waals surface area contributed by atoms with Crippen LogP contribution in [0.25, 0.3) is 0 Å². The van der Waals surface area contributed by atoms with E-state index in [1.54, 1.807) is 25.1 Å². The number of carbonyl (C=O) groups is 3. The zero-order valence-corrected chi connectivity index (χ0v) is 14.1. The molecule has 1 saturated carbocycles. The van der Waals surface area contributed by atoms with Crippen molar-refractivity contribution in [2.45, 2.75) is 17.7 Å². The second-order valence-electron chi connectivity index (χ2n) is 5.50. The van der Waals surface area contributed by atoms with Gasteiger partial charge in [0.25, 0.3) is 11.8 Å². The van der Waals surface area contributed by atoms with Gasteiger partial charge in [-0.05, 0) is 25.1 Å². The molecule has 6 nitrogen and oxygen atoms in total. The number of anilines is 1. The van der Waals surface area contributed by atoms with E-state index < -0.39 is 28.2 Å². The summed E-state index contributed by atoms with van der Waals surface area (Å²) in [5.41, 5.74) is -0.147. The van der Waals surface area contributed by atoms with Gasteiger partial charge in [-0.1, -0.05) is 6.07 Å². The number of benzene rings is 1. The van der Waals surface area contributed by atoms with Gasteiger partial charge >= 0.3 is 5.97 Å². The summed E-state index contributed by atoms with van der Waals surface area (Å²) in [7, 11) is 1.51. The molecule has 0 spiro atoms. The van der Waals surface area contributed by atoms with E-state index in [2.05, 4.69) is 10.6 Å². The average Bonchev–Trinajstić information content (AvgIpc) is 3.04. The highest BCUT2D eigenvalue weighted by Crippen LogP contribution is 2.64. The van der Waals surface area contributed by atoms with Crippen LogP contribution in [0.1, 0.15) is 23.7 Å². The lowest BCUT2D eigenvalue weighted by atomic mass is 10.1. The van der Waals surface area contributed by atoms with Crippen molar-refractivity contribution in [1.82, 2.24) is 5.32 Å². The van der Waals surface area contributed by atoms with Crippen molar-refractivity contribution in [2.24, 2.45) is 5.41 Å². The zero-order valence-electron chi connectivity index (χ0n) is 12.6. The first-order valence-electron chi connectivity index (χ1n) is 6.87. The first kappa shape index (κ1) is 17.6. The Morgan fingerprint density at radius 1 is 1.30 bits per heavy atom. The van der Waals surface area contributed by atoms with Crippen LogP contribution in [-0.4, -0.2) is 35.8 Å². The van der Waals surface area contributed by atoms with Gasteiger partial charge in [0.1, 0.15) is 9.75 Å². The lowest BCUT2D eigenvalue weighted by Gasteiger charge is -2.12. The van der Waals surface area contributed by atoms with Crippen LogP contribution in [0.5, 0.6) is 0 Å². The second kappa shape index (κ2) is 6.37. The Kier molecular flexibility index (Phi) is 4.87. The van der Waals surface area contributed by atoms with Crippen molar-refractivity contribution in [2.75, 3.05) is 19.0 Å². The van der Waals surface area contributed by atoms with Gasteiger partial charge in [-0.3, -0.25) is 14.4 Å². The van der Waals surface area contributed by atoms with Crippen LogP contribution < -0.4 is 10.6 Å². The number of carbonyl (C=O) groups excluding carboxylic acids is 3. The maximum absolute atomic E-state index is 11.9. The number of esters is 1. The molecule has 1 atom stereocenters. The highest BCUT2D eigenvalue weighted by Gasteiger charge is 2.69. The fourth-order valence-corrected chi connectivity index (χ4v) is 2.68. The summed E-state index contributed by atoms with van der Waals surface area (Å²) in [4.78, 5) is 35.2. The smallest absolute Gasteiger partial charge is 0.315 e. The number of amides is 2. The van der Waals surface area contributed by atoms with E-state index in [-0.39, 0.29) is 12.3 Å². The van der Waals surface area contributed by atoms with E-state index in [0.29, 0.717) is 11.3 Å². The number of hydrogen-bond donors (Lipinski definition) is 2. The third-order valence-electron chi connectivity index (χ3n) is 3.68. The molecule has 2 amide bonds. The van der Waals surface area contributed by atoms with Gasteiger partial charge in [0.15, 0.2) is 6.61 Å². The van der Waals surface area contributed by atoms with E-state index in [0.717, 1.165) is 0 Å². The van der Waals surface area contributed by atoms with Crippen molar-refractivity contribution in [3.8, 4) is 0 Å². The highest BCUT2D eigenvalue weighted by atomic mass is 35.5. The largest absolute Gasteiger partial charge is 0.455 e. The predicted octanol–water partition coefficient (Wildman–Crippen LogP) is 2.11. The third kappa shape index (κ3) is 3.76.